The first-order valence-electron chi connectivity index (χ1n) is 8.23. The summed E-state index contributed by atoms with van der Waals surface area (Å²) in [5.41, 5.74) is 1.02. The zero-order valence-corrected chi connectivity index (χ0v) is 16.7. The third-order valence-electron chi connectivity index (χ3n) is 3.42. The number of rotatable bonds is 4. The highest BCUT2D eigenvalue weighted by molar-refractivity contribution is 7.19. The van der Waals surface area contributed by atoms with Crippen molar-refractivity contribution >= 4 is 28.3 Å². The zero-order chi connectivity index (χ0) is 19.5. The molecule has 2 aromatic heterocycles. The Morgan fingerprint density at radius 3 is 2.62 bits per heavy atom. The molecule has 2 heterocycles. The quantitative estimate of drug-likeness (QED) is 0.884. The fraction of sp³-hybridized carbons (Fsp3) is 0.444. The van der Waals surface area contributed by atoms with E-state index in [4.69, 9.17) is 4.74 Å². The topological polar surface area (TPSA) is 84.4 Å². The van der Waals surface area contributed by atoms with Gasteiger partial charge in [0, 0.05) is 25.0 Å². The van der Waals surface area contributed by atoms with Crippen molar-refractivity contribution in [2.45, 2.75) is 46.3 Å². The SMILES string of the molecule is Cc1nc(-c2cccnc2)sc1N(C)C(=O)C(C)NC(=O)OC(C)(C)C. The van der Waals surface area contributed by atoms with Crippen LogP contribution in [-0.2, 0) is 9.53 Å². The van der Waals surface area contributed by atoms with Crippen LogP contribution in [0.25, 0.3) is 10.6 Å². The van der Waals surface area contributed by atoms with Gasteiger partial charge in [0.2, 0.25) is 5.91 Å². The van der Waals surface area contributed by atoms with Gasteiger partial charge >= 0.3 is 6.09 Å². The Labute approximate surface area is 157 Å². The number of carbonyl (C=O) groups is 2. The van der Waals surface area contributed by atoms with Gasteiger partial charge in [-0.1, -0.05) is 11.3 Å². The van der Waals surface area contributed by atoms with Crippen LogP contribution < -0.4 is 10.2 Å². The maximum absolute atomic E-state index is 12.7. The van der Waals surface area contributed by atoms with Crippen molar-refractivity contribution in [2.75, 3.05) is 11.9 Å². The summed E-state index contributed by atoms with van der Waals surface area (Å²) in [4.78, 5) is 34.7. The first-order chi connectivity index (χ1) is 12.1. The Balaban J connectivity index is 2.10. The van der Waals surface area contributed by atoms with Crippen LogP contribution in [0, 0.1) is 6.92 Å². The van der Waals surface area contributed by atoms with E-state index >= 15 is 0 Å². The van der Waals surface area contributed by atoms with E-state index in [1.165, 1.54) is 16.2 Å². The Morgan fingerprint density at radius 2 is 2.04 bits per heavy atom. The van der Waals surface area contributed by atoms with E-state index in [0.717, 1.165) is 21.3 Å². The van der Waals surface area contributed by atoms with Gasteiger partial charge in [-0.05, 0) is 46.8 Å². The smallest absolute Gasteiger partial charge is 0.408 e. The van der Waals surface area contributed by atoms with Crippen LogP contribution in [0.2, 0.25) is 0 Å². The van der Waals surface area contributed by atoms with Crippen molar-refractivity contribution in [1.82, 2.24) is 15.3 Å². The lowest BCUT2D eigenvalue weighted by Crippen LogP contribution is -2.47. The van der Waals surface area contributed by atoms with Gasteiger partial charge < -0.3 is 15.0 Å². The molecule has 1 N–H and O–H groups in total. The molecule has 0 saturated heterocycles. The molecule has 0 radical (unpaired) electrons. The lowest BCUT2D eigenvalue weighted by molar-refractivity contribution is -0.119. The van der Waals surface area contributed by atoms with Gasteiger partial charge in [-0.25, -0.2) is 9.78 Å². The number of aromatic nitrogens is 2. The summed E-state index contributed by atoms with van der Waals surface area (Å²) in [6.07, 6.45) is 2.81. The molecule has 7 nitrogen and oxygen atoms in total. The summed E-state index contributed by atoms with van der Waals surface area (Å²) < 4.78 is 5.19. The molecule has 2 aromatic rings. The molecule has 0 aromatic carbocycles. The maximum atomic E-state index is 12.7. The standard InChI is InChI=1S/C18H24N4O3S/c1-11(21-17(24)25-18(3,4)5)15(23)22(6)16-12(2)20-14(26-16)13-8-7-9-19-10-13/h7-11H,1-6H3,(H,21,24). The summed E-state index contributed by atoms with van der Waals surface area (Å²) in [7, 11) is 1.67. The summed E-state index contributed by atoms with van der Waals surface area (Å²) in [6, 6.07) is 3.04. The first-order valence-corrected chi connectivity index (χ1v) is 9.05. The maximum Gasteiger partial charge on any atom is 0.408 e. The fourth-order valence-electron chi connectivity index (χ4n) is 2.25. The second-order valence-electron chi connectivity index (χ2n) is 6.92. The molecular formula is C18H24N4O3S. The normalized spacial score (nSPS) is 12.4. The average Bonchev–Trinajstić information content (AvgIpc) is 2.94. The summed E-state index contributed by atoms with van der Waals surface area (Å²) in [6.45, 7) is 8.78. The number of anilines is 1. The van der Waals surface area contributed by atoms with E-state index in [2.05, 4.69) is 15.3 Å². The molecule has 1 atom stereocenters. The molecule has 0 saturated carbocycles. The van der Waals surface area contributed by atoms with Gasteiger partial charge in [-0.3, -0.25) is 9.78 Å². The molecule has 0 bridgehead atoms. The number of hydrogen-bond donors (Lipinski definition) is 1. The molecule has 0 spiro atoms. The number of alkyl carbamates (subject to hydrolysis) is 1. The lowest BCUT2D eigenvalue weighted by atomic mass is 10.2. The molecule has 1 unspecified atom stereocenters. The second-order valence-corrected chi connectivity index (χ2v) is 7.89. The number of ether oxygens (including phenoxy) is 1. The van der Waals surface area contributed by atoms with Crippen molar-refractivity contribution in [3.63, 3.8) is 0 Å². The highest BCUT2D eigenvalue weighted by atomic mass is 32.1. The number of carbonyl (C=O) groups excluding carboxylic acids is 2. The van der Waals surface area contributed by atoms with E-state index in [9.17, 15) is 9.59 Å². The molecule has 26 heavy (non-hydrogen) atoms. The number of nitrogens with zero attached hydrogens (tertiary/aromatic N) is 3. The summed E-state index contributed by atoms with van der Waals surface area (Å²) >= 11 is 1.41. The van der Waals surface area contributed by atoms with Gasteiger partial charge in [0.25, 0.3) is 0 Å². The Kier molecular flexibility index (Phi) is 5.97. The number of likely N-dealkylation sites (N-methyl/N-ethyl adjacent to an activating group) is 1. The van der Waals surface area contributed by atoms with Gasteiger partial charge in [0.1, 0.15) is 21.7 Å². The van der Waals surface area contributed by atoms with E-state index in [1.54, 1.807) is 47.1 Å². The van der Waals surface area contributed by atoms with Crippen molar-refractivity contribution < 1.29 is 14.3 Å². The molecular weight excluding hydrogens is 352 g/mol. The highest BCUT2D eigenvalue weighted by Crippen LogP contribution is 2.33. The monoisotopic (exact) mass is 376 g/mol. The van der Waals surface area contributed by atoms with Crippen LogP contribution in [0.4, 0.5) is 9.80 Å². The van der Waals surface area contributed by atoms with Crippen molar-refractivity contribution in [1.29, 1.82) is 0 Å². The third-order valence-corrected chi connectivity index (χ3v) is 4.70. The first kappa shape index (κ1) is 19.8. The van der Waals surface area contributed by atoms with E-state index in [-0.39, 0.29) is 5.91 Å². The van der Waals surface area contributed by atoms with Crippen LogP contribution in [0.15, 0.2) is 24.5 Å². The van der Waals surface area contributed by atoms with E-state index < -0.39 is 17.7 Å². The van der Waals surface area contributed by atoms with Gasteiger partial charge in [-0.15, -0.1) is 0 Å². The van der Waals surface area contributed by atoms with E-state index in [0.29, 0.717) is 0 Å². The zero-order valence-electron chi connectivity index (χ0n) is 15.9. The number of pyridine rings is 1. The Morgan fingerprint density at radius 1 is 1.35 bits per heavy atom. The van der Waals surface area contributed by atoms with Crippen LogP contribution in [-0.4, -0.2) is 40.7 Å². The molecule has 8 heteroatoms. The minimum absolute atomic E-state index is 0.250. The lowest BCUT2D eigenvalue weighted by Gasteiger charge is -2.24. The molecule has 0 aliphatic carbocycles. The Hall–Kier alpha value is -2.48. The van der Waals surface area contributed by atoms with Crippen molar-refractivity contribution in [2.24, 2.45) is 0 Å². The fourth-order valence-corrected chi connectivity index (χ4v) is 3.27. The van der Waals surface area contributed by atoms with Gasteiger partial charge in [-0.2, -0.15) is 0 Å². The number of nitrogens with one attached hydrogen (secondary N) is 1. The van der Waals surface area contributed by atoms with Crippen LogP contribution in [0.1, 0.15) is 33.4 Å². The van der Waals surface area contributed by atoms with Crippen molar-refractivity contribution in [3.05, 3.63) is 30.2 Å². The second kappa shape index (κ2) is 7.82. The van der Waals surface area contributed by atoms with Gasteiger partial charge in [0.05, 0.1) is 5.69 Å². The predicted octanol–water partition coefficient (Wildman–Crippen LogP) is 3.39. The van der Waals surface area contributed by atoms with E-state index in [1.807, 2.05) is 19.1 Å². The molecule has 2 amide bonds. The molecule has 140 valence electrons. The largest absolute Gasteiger partial charge is 0.444 e. The number of thiazole rings is 1. The Bertz CT molecular complexity index is 783. The van der Waals surface area contributed by atoms with Crippen LogP contribution in [0.3, 0.4) is 0 Å². The van der Waals surface area contributed by atoms with Crippen LogP contribution in [0.5, 0.6) is 0 Å². The number of amides is 2. The molecule has 0 aliphatic heterocycles. The molecule has 0 fully saturated rings. The third kappa shape index (κ3) is 5.01. The molecule has 2 rings (SSSR count). The van der Waals surface area contributed by atoms with Gasteiger partial charge in [0.15, 0.2) is 0 Å². The predicted molar refractivity (Wildman–Crippen MR) is 102 cm³/mol. The number of hydrogen-bond acceptors (Lipinski definition) is 6. The summed E-state index contributed by atoms with van der Waals surface area (Å²) in [5, 5.41) is 4.08. The minimum atomic E-state index is -0.724. The van der Waals surface area contributed by atoms with Crippen molar-refractivity contribution in [3.8, 4) is 10.6 Å². The average molecular weight is 376 g/mol. The number of aryl methyl sites for hydroxylation is 1. The minimum Gasteiger partial charge on any atom is -0.444 e. The highest BCUT2D eigenvalue weighted by Gasteiger charge is 2.26. The molecule has 0 aliphatic rings. The van der Waals surface area contributed by atoms with Crippen LogP contribution >= 0.6 is 11.3 Å². The summed E-state index contributed by atoms with van der Waals surface area (Å²) in [5.74, 6) is -0.250.